The van der Waals surface area contributed by atoms with Gasteiger partial charge in [-0.1, -0.05) is 6.07 Å². The molecule has 30 heavy (non-hydrogen) atoms. The second-order valence-electron chi connectivity index (χ2n) is 7.19. The van der Waals surface area contributed by atoms with E-state index >= 15 is 0 Å². The average Bonchev–Trinajstić information content (AvgIpc) is 3.59. The van der Waals surface area contributed by atoms with Crippen molar-refractivity contribution in [2.75, 3.05) is 23.8 Å². The monoisotopic (exact) mass is 424 g/mol. The predicted octanol–water partition coefficient (Wildman–Crippen LogP) is 3.43. The van der Waals surface area contributed by atoms with E-state index in [0.29, 0.717) is 35.4 Å². The number of amides is 1. The minimum atomic E-state index is -0.314. The summed E-state index contributed by atoms with van der Waals surface area (Å²) in [6.07, 6.45) is 3.98. The first-order chi connectivity index (χ1) is 14.5. The van der Waals surface area contributed by atoms with E-state index in [1.165, 1.54) is 0 Å². The molecule has 1 aliphatic rings. The van der Waals surface area contributed by atoms with Crippen LogP contribution >= 0.6 is 11.6 Å². The Hall–Kier alpha value is -3.10. The molecule has 0 atom stereocenters. The molecule has 0 unspecified atom stereocenters. The number of hydrogen-bond acceptors (Lipinski definition) is 7. The van der Waals surface area contributed by atoms with Crippen LogP contribution in [0.3, 0.4) is 0 Å². The van der Waals surface area contributed by atoms with Crippen LogP contribution in [0, 0.1) is 6.92 Å². The molecule has 3 aromatic rings. The Morgan fingerprint density at radius 1 is 1.23 bits per heavy atom. The number of nitrogens with one attached hydrogen (secondary N) is 2. The van der Waals surface area contributed by atoms with Crippen molar-refractivity contribution in [2.24, 2.45) is 0 Å². The maximum absolute atomic E-state index is 12.7. The van der Waals surface area contributed by atoms with Gasteiger partial charge in [-0.3, -0.25) is 4.79 Å². The Morgan fingerprint density at radius 2 is 2.07 bits per heavy atom. The van der Waals surface area contributed by atoms with Gasteiger partial charge in [0.1, 0.15) is 5.82 Å². The fourth-order valence-corrected chi connectivity index (χ4v) is 3.32. The van der Waals surface area contributed by atoms with Crippen LogP contribution in [-0.4, -0.2) is 44.3 Å². The molecule has 1 fully saturated rings. The van der Waals surface area contributed by atoms with Gasteiger partial charge in [0, 0.05) is 23.9 Å². The number of halogens is 1. The van der Waals surface area contributed by atoms with E-state index < -0.39 is 0 Å². The molecule has 0 aliphatic heterocycles. The molecule has 4 rings (SSSR count). The molecule has 2 heterocycles. The van der Waals surface area contributed by atoms with E-state index in [4.69, 9.17) is 16.7 Å². The van der Waals surface area contributed by atoms with Crippen LogP contribution in [0.2, 0.25) is 5.28 Å². The Bertz CT molecular complexity index is 1090. The molecule has 1 saturated carbocycles. The van der Waals surface area contributed by atoms with Crippen molar-refractivity contribution < 1.29 is 9.90 Å². The highest BCUT2D eigenvalue weighted by atomic mass is 35.5. The molecule has 0 bridgehead atoms. The van der Waals surface area contributed by atoms with Crippen molar-refractivity contribution in [2.45, 2.75) is 25.7 Å². The summed E-state index contributed by atoms with van der Waals surface area (Å²) in [6, 6.07) is 9.11. The van der Waals surface area contributed by atoms with Crippen LogP contribution in [0.1, 0.15) is 40.4 Å². The molecule has 1 amide bonds. The fourth-order valence-electron chi connectivity index (χ4n) is 3.13. The number of aliphatic hydroxyl groups excluding tert-OH is 1. The lowest BCUT2D eigenvalue weighted by Crippen LogP contribution is -2.15. The summed E-state index contributed by atoms with van der Waals surface area (Å²) in [5, 5.41) is 22.9. The van der Waals surface area contributed by atoms with Crippen LogP contribution < -0.4 is 10.6 Å². The number of benzene rings is 1. The zero-order valence-corrected chi connectivity index (χ0v) is 17.1. The fraction of sp³-hybridized carbons (Fsp3) is 0.286. The van der Waals surface area contributed by atoms with E-state index in [-0.39, 0.29) is 17.8 Å². The van der Waals surface area contributed by atoms with Gasteiger partial charge in [0.05, 0.1) is 18.5 Å². The van der Waals surface area contributed by atoms with Gasteiger partial charge < -0.3 is 15.7 Å². The molecule has 1 aliphatic carbocycles. The second-order valence-corrected chi connectivity index (χ2v) is 7.53. The quantitative estimate of drug-likeness (QED) is 0.498. The average molecular weight is 425 g/mol. The normalized spacial score (nSPS) is 13.2. The number of carbonyl (C=O) groups is 1. The molecule has 1 aromatic carbocycles. The lowest BCUT2D eigenvalue weighted by Gasteiger charge is -2.12. The lowest BCUT2D eigenvalue weighted by molar-refractivity contribution is 0.102. The van der Waals surface area contributed by atoms with Crippen molar-refractivity contribution in [1.29, 1.82) is 0 Å². The number of rotatable bonds is 7. The standard InChI is InChI=1S/C21H21ClN6O2/c1-12-2-5-15(25-20(30)18-8-14(11-24-28-18)13-3-4-13)9-16(12)17-10-19(23-6-7-29)27-21(22)26-17/h2,5,8-11,13,29H,3-4,6-7H2,1H3,(H,25,30)(H,23,26,27). The SMILES string of the molecule is Cc1ccc(NC(=O)c2cc(C3CC3)cnn2)cc1-c1cc(NCCO)nc(Cl)n1. The summed E-state index contributed by atoms with van der Waals surface area (Å²) in [5.74, 6) is 0.694. The van der Waals surface area contributed by atoms with Gasteiger partial charge in [-0.25, -0.2) is 9.97 Å². The molecule has 0 radical (unpaired) electrons. The highest BCUT2D eigenvalue weighted by Crippen LogP contribution is 2.39. The van der Waals surface area contributed by atoms with E-state index in [0.717, 1.165) is 29.5 Å². The minimum absolute atomic E-state index is 0.0255. The first-order valence-corrected chi connectivity index (χ1v) is 10.1. The van der Waals surface area contributed by atoms with Gasteiger partial charge in [-0.05, 0) is 66.6 Å². The Kier molecular flexibility index (Phi) is 5.87. The number of nitrogens with zero attached hydrogens (tertiary/aromatic N) is 4. The van der Waals surface area contributed by atoms with Gasteiger partial charge in [0.2, 0.25) is 5.28 Å². The summed E-state index contributed by atoms with van der Waals surface area (Å²) in [6.45, 7) is 2.27. The van der Waals surface area contributed by atoms with Crippen molar-refractivity contribution in [3.05, 3.63) is 58.6 Å². The third-order valence-electron chi connectivity index (χ3n) is 4.85. The molecular weight excluding hydrogens is 404 g/mol. The number of hydrogen-bond donors (Lipinski definition) is 3. The van der Waals surface area contributed by atoms with Gasteiger partial charge in [0.15, 0.2) is 5.69 Å². The number of anilines is 2. The first-order valence-electron chi connectivity index (χ1n) is 9.68. The minimum Gasteiger partial charge on any atom is -0.395 e. The predicted molar refractivity (Wildman–Crippen MR) is 115 cm³/mol. The second kappa shape index (κ2) is 8.73. The van der Waals surface area contributed by atoms with Crippen LogP contribution in [0.25, 0.3) is 11.3 Å². The van der Waals surface area contributed by atoms with Crippen molar-refractivity contribution in [1.82, 2.24) is 20.2 Å². The summed E-state index contributed by atoms with van der Waals surface area (Å²) < 4.78 is 0. The molecule has 8 nitrogen and oxygen atoms in total. The van der Waals surface area contributed by atoms with Gasteiger partial charge in [0.25, 0.3) is 5.91 Å². The zero-order valence-electron chi connectivity index (χ0n) is 16.4. The number of carbonyl (C=O) groups excluding carboxylic acids is 1. The molecule has 0 saturated heterocycles. The summed E-state index contributed by atoms with van der Waals surface area (Å²) in [5.41, 5.74) is 4.34. The van der Waals surface area contributed by atoms with Gasteiger partial charge >= 0.3 is 0 Å². The van der Waals surface area contributed by atoms with Crippen LogP contribution in [0.15, 0.2) is 36.5 Å². The van der Waals surface area contributed by atoms with Crippen LogP contribution in [-0.2, 0) is 0 Å². The molecule has 154 valence electrons. The summed E-state index contributed by atoms with van der Waals surface area (Å²) >= 11 is 6.07. The smallest absolute Gasteiger partial charge is 0.276 e. The molecule has 3 N–H and O–H groups in total. The number of aliphatic hydroxyl groups is 1. The van der Waals surface area contributed by atoms with E-state index in [1.54, 1.807) is 18.3 Å². The zero-order chi connectivity index (χ0) is 21.1. The number of aryl methyl sites for hydroxylation is 1. The summed E-state index contributed by atoms with van der Waals surface area (Å²) in [4.78, 5) is 21.1. The lowest BCUT2D eigenvalue weighted by atomic mass is 10.0. The van der Waals surface area contributed by atoms with Crippen LogP contribution in [0.5, 0.6) is 0 Å². The van der Waals surface area contributed by atoms with Crippen molar-refractivity contribution in [3.8, 4) is 11.3 Å². The maximum atomic E-state index is 12.7. The summed E-state index contributed by atoms with van der Waals surface area (Å²) in [7, 11) is 0. The number of aromatic nitrogens is 4. The molecule has 0 spiro atoms. The van der Waals surface area contributed by atoms with Crippen molar-refractivity contribution >= 4 is 29.0 Å². The third-order valence-corrected chi connectivity index (χ3v) is 5.01. The van der Waals surface area contributed by atoms with Crippen molar-refractivity contribution in [3.63, 3.8) is 0 Å². The largest absolute Gasteiger partial charge is 0.395 e. The van der Waals surface area contributed by atoms with E-state index in [9.17, 15) is 4.79 Å². The third kappa shape index (κ3) is 4.72. The van der Waals surface area contributed by atoms with Gasteiger partial charge in [-0.2, -0.15) is 5.10 Å². The highest BCUT2D eigenvalue weighted by Gasteiger charge is 2.25. The van der Waals surface area contributed by atoms with Crippen LogP contribution in [0.4, 0.5) is 11.5 Å². The Labute approximate surface area is 178 Å². The van der Waals surface area contributed by atoms with E-state index in [2.05, 4.69) is 30.8 Å². The Balaban J connectivity index is 1.58. The molecule has 2 aromatic heterocycles. The highest BCUT2D eigenvalue weighted by molar-refractivity contribution is 6.28. The molecular formula is C21H21ClN6O2. The van der Waals surface area contributed by atoms with E-state index in [1.807, 2.05) is 25.1 Å². The Morgan fingerprint density at radius 3 is 2.83 bits per heavy atom. The molecule has 9 heteroatoms. The first kappa shape index (κ1) is 20.2. The topological polar surface area (TPSA) is 113 Å². The van der Waals surface area contributed by atoms with Gasteiger partial charge in [-0.15, -0.1) is 5.10 Å². The maximum Gasteiger partial charge on any atom is 0.276 e.